The number of nitrogens with zero attached hydrogens (tertiary/aromatic N) is 2. The highest BCUT2D eigenvalue weighted by Gasteiger charge is 2.31. The first-order valence-electron chi connectivity index (χ1n) is 11.4. The Balaban J connectivity index is 1.17. The average Bonchev–Trinajstić information content (AvgIpc) is 3.42. The number of thiocarbonyl (C=S) groups is 1. The van der Waals surface area contributed by atoms with Crippen LogP contribution in [0.2, 0.25) is 0 Å². The molecule has 0 aliphatic carbocycles. The summed E-state index contributed by atoms with van der Waals surface area (Å²) in [6.45, 7) is 2.27. The maximum atomic E-state index is 12.8. The molecule has 1 aromatic heterocycles. The number of carbonyl (C=O) groups excluding carboxylic acids is 3. The number of amides is 3. The molecule has 3 aromatic rings. The molecule has 11 heteroatoms. The molecule has 7 nitrogen and oxygen atoms in total. The van der Waals surface area contributed by atoms with Gasteiger partial charge in [0.15, 0.2) is 4.34 Å². The smallest absolute Gasteiger partial charge is 0.266 e. The number of hydrogen-bond donors (Lipinski definition) is 2. The van der Waals surface area contributed by atoms with E-state index in [2.05, 4.69) is 15.8 Å². The highest BCUT2D eigenvalue weighted by molar-refractivity contribution is 8.26. The molecular formula is C26H24N4O3S4. The number of rotatable bonds is 9. The number of benzene rings is 2. The number of para-hydroxylation sites is 1. The number of thioether (sulfide) groups is 2. The Hall–Kier alpha value is -2.99. The van der Waals surface area contributed by atoms with Crippen molar-refractivity contribution in [2.45, 2.75) is 24.1 Å². The van der Waals surface area contributed by atoms with Gasteiger partial charge in [-0.25, -0.2) is 4.98 Å². The Morgan fingerprint density at radius 3 is 2.59 bits per heavy atom. The van der Waals surface area contributed by atoms with E-state index in [1.54, 1.807) is 0 Å². The molecule has 0 saturated carbocycles. The zero-order chi connectivity index (χ0) is 26.2. The van der Waals surface area contributed by atoms with Gasteiger partial charge in [-0.05, 0) is 42.7 Å². The lowest BCUT2D eigenvalue weighted by Crippen LogP contribution is -2.42. The van der Waals surface area contributed by atoms with Gasteiger partial charge in [0.2, 0.25) is 11.8 Å². The van der Waals surface area contributed by atoms with Gasteiger partial charge >= 0.3 is 0 Å². The van der Waals surface area contributed by atoms with Crippen molar-refractivity contribution in [1.29, 1.82) is 0 Å². The summed E-state index contributed by atoms with van der Waals surface area (Å²) in [7, 11) is 0. The predicted molar refractivity (Wildman–Crippen MR) is 156 cm³/mol. The van der Waals surface area contributed by atoms with Gasteiger partial charge in [0.25, 0.3) is 5.91 Å². The third-order valence-corrected chi connectivity index (χ3v) is 8.71. The number of hydrogen-bond acceptors (Lipinski definition) is 8. The van der Waals surface area contributed by atoms with Gasteiger partial charge in [0.05, 0.1) is 20.9 Å². The van der Waals surface area contributed by atoms with E-state index in [0.717, 1.165) is 25.7 Å². The average molecular weight is 569 g/mol. The van der Waals surface area contributed by atoms with Crippen molar-refractivity contribution in [3.8, 4) is 0 Å². The maximum Gasteiger partial charge on any atom is 0.266 e. The Bertz CT molecular complexity index is 1350. The van der Waals surface area contributed by atoms with Crippen molar-refractivity contribution in [2.24, 2.45) is 0 Å². The summed E-state index contributed by atoms with van der Waals surface area (Å²) in [6, 6.07) is 17.7. The lowest BCUT2D eigenvalue weighted by molar-refractivity contribution is -0.128. The van der Waals surface area contributed by atoms with Crippen LogP contribution in [-0.2, 0) is 14.4 Å². The van der Waals surface area contributed by atoms with Gasteiger partial charge < -0.3 is 0 Å². The van der Waals surface area contributed by atoms with E-state index >= 15 is 0 Å². The second kappa shape index (κ2) is 13.0. The Morgan fingerprint density at radius 1 is 1.08 bits per heavy atom. The van der Waals surface area contributed by atoms with E-state index in [1.807, 2.05) is 73.7 Å². The summed E-state index contributed by atoms with van der Waals surface area (Å²) in [5.74, 6) is -0.669. The van der Waals surface area contributed by atoms with E-state index in [1.165, 1.54) is 39.8 Å². The van der Waals surface area contributed by atoms with Gasteiger partial charge in [-0.1, -0.05) is 84.3 Å². The largest absolute Gasteiger partial charge is 0.293 e. The van der Waals surface area contributed by atoms with Gasteiger partial charge in [-0.15, -0.1) is 11.3 Å². The minimum Gasteiger partial charge on any atom is -0.293 e. The van der Waals surface area contributed by atoms with Gasteiger partial charge in [-0.2, -0.15) is 0 Å². The van der Waals surface area contributed by atoms with Crippen LogP contribution in [0.4, 0.5) is 0 Å². The summed E-state index contributed by atoms with van der Waals surface area (Å²) in [4.78, 5) is 43.6. The van der Waals surface area contributed by atoms with Gasteiger partial charge in [0, 0.05) is 13.0 Å². The monoisotopic (exact) mass is 568 g/mol. The van der Waals surface area contributed by atoms with Gasteiger partial charge in [-0.3, -0.25) is 30.1 Å². The molecule has 0 atom stereocenters. The predicted octanol–water partition coefficient (Wildman–Crippen LogP) is 5.16. The molecular weight excluding hydrogens is 545 g/mol. The molecule has 0 spiro atoms. The Labute approximate surface area is 232 Å². The quantitative estimate of drug-likeness (QED) is 0.159. The first-order valence-corrected chi connectivity index (χ1v) is 14.5. The maximum absolute atomic E-state index is 12.8. The molecule has 190 valence electrons. The zero-order valence-electron chi connectivity index (χ0n) is 19.9. The summed E-state index contributed by atoms with van der Waals surface area (Å²) in [6.07, 6.45) is 4.40. The Morgan fingerprint density at radius 2 is 1.81 bits per heavy atom. The topological polar surface area (TPSA) is 91.4 Å². The third-order valence-electron chi connectivity index (χ3n) is 5.15. The van der Waals surface area contributed by atoms with Crippen LogP contribution in [0.25, 0.3) is 16.3 Å². The SMILES string of the molecule is CC(=Cc1ccccc1)C=C1SC(=S)N(CCCC(=O)NNC(=O)CSc2nc3ccccc3s2)C1=O. The van der Waals surface area contributed by atoms with Crippen LogP contribution in [0, 0.1) is 0 Å². The number of fused-ring (bicyclic) bond motifs is 1. The minimum atomic E-state index is -0.332. The van der Waals surface area contributed by atoms with Crippen molar-refractivity contribution in [2.75, 3.05) is 12.3 Å². The van der Waals surface area contributed by atoms with E-state index in [-0.39, 0.29) is 29.9 Å². The number of nitrogens with one attached hydrogen (secondary N) is 2. The second-order valence-electron chi connectivity index (χ2n) is 8.07. The molecule has 37 heavy (non-hydrogen) atoms. The summed E-state index contributed by atoms with van der Waals surface area (Å²) in [5.41, 5.74) is 7.75. The number of aromatic nitrogens is 1. The first-order chi connectivity index (χ1) is 17.9. The van der Waals surface area contributed by atoms with Crippen LogP contribution in [0.3, 0.4) is 0 Å². The van der Waals surface area contributed by atoms with E-state index in [4.69, 9.17) is 12.2 Å². The minimum absolute atomic E-state index is 0.140. The molecule has 0 bridgehead atoms. The fourth-order valence-corrected chi connectivity index (χ4v) is 6.66. The summed E-state index contributed by atoms with van der Waals surface area (Å²) < 4.78 is 2.34. The van der Waals surface area contributed by atoms with E-state index in [0.29, 0.717) is 22.2 Å². The molecule has 1 aliphatic heterocycles. The van der Waals surface area contributed by atoms with E-state index < -0.39 is 0 Å². The fraction of sp³-hybridized carbons (Fsp3) is 0.192. The van der Waals surface area contributed by atoms with Crippen molar-refractivity contribution < 1.29 is 14.4 Å². The number of hydrazine groups is 1. The molecule has 1 aliphatic rings. The lowest BCUT2D eigenvalue weighted by atomic mass is 10.1. The molecule has 2 aromatic carbocycles. The molecule has 3 amide bonds. The van der Waals surface area contributed by atoms with E-state index in [9.17, 15) is 14.4 Å². The molecule has 0 radical (unpaired) electrons. The molecule has 0 unspecified atom stereocenters. The van der Waals surface area contributed by atoms with Crippen LogP contribution in [0.1, 0.15) is 25.3 Å². The number of thiazole rings is 1. The third kappa shape index (κ3) is 7.75. The van der Waals surface area contributed by atoms with Crippen molar-refractivity contribution in [3.05, 3.63) is 76.7 Å². The molecule has 4 rings (SSSR count). The highest BCUT2D eigenvalue weighted by Crippen LogP contribution is 2.32. The lowest BCUT2D eigenvalue weighted by Gasteiger charge is -2.14. The highest BCUT2D eigenvalue weighted by atomic mass is 32.2. The zero-order valence-corrected chi connectivity index (χ0v) is 23.2. The Kier molecular flexibility index (Phi) is 9.51. The van der Waals surface area contributed by atoms with Gasteiger partial charge in [0.1, 0.15) is 4.32 Å². The van der Waals surface area contributed by atoms with Crippen LogP contribution in [-0.4, -0.2) is 44.2 Å². The van der Waals surface area contributed by atoms with Crippen molar-refractivity contribution >= 4 is 85.4 Å². The van der Waals surface area contributed by atoms with Crippen molar-refractivity contribution in [1.82, 2.24) is 20.7 Å². The number of allylic oxidation sites excluding steroid dienone is 2. The summed E-state index contributed by atoms with van der Waals surface area (Å²) in [5, 5.41) is 0. The molecule has 2 heterocycles. The van der Waals surface area contributed by atoms with Crippen LogP contribution in [0.5, 0.6) is 0 Å². The van der Waals surface area contributed by atoms with Crippen LogP contribution < -0.4 is 10.9 Å². The second-order valence-corrected chi connectivity index (χ2v) is 12.0. The fourth-order valence-electron chi connectivity index (χ4n) is 3.43. The number of carbonyl (C=O) groups is 3. The first kappa shape index (κ1) is 27.1. The molecule has 1 saturated heterocycles. The normalized spacial score (nSPS) is 15.0. The van der Waals surface area contributed by atoms with Crippen molar-refractivity contribution in [3.63, 3.8) is 0 Å². The standard InChI is InChI=1S/C26H24N4O3S4/c1-17(14-18-8-3-2-4-9-18)15-21-24(33)30(26(34)37-21)13-7-12-22(31)28-29-23(32)16-35-25-27-19-10-5-6-11-20(19)36-25/h2-6,8-11,14-15H,7,12-13,16H2,1H3,(H,28,31)(H,29,32). The van der Waals surface area contributed by atoms with Crippen LogP contribution in [0.15, 0.2) is 75.5 Å². The molecule has 2 N–H and O–H groups in total. The molecule has 1 fully saturated rings. The summed E-state index contributed by atoms with van der Waals surface area (Å²) >= 11 is 9.48. The van der Waals surface area contributed by atoms with Crippen LogP contribution >= 0.6 is 47.1 Å².